The summed E-state index contributed by atoms with van der Waals surface area (Å²) in [5, 5.41) is 6.08. The highest BCUT2D eigenvalue weighted by atomic mass is 79.9. The third kappa shape index (κ3) is 4.73. The molecule has 0 saturated heterocycles. The summed E-state index contributed by atoms with van der Waals surface area (Å²) in [6, 6.07) is 2.04. The zero-order chi connectivity index (χ0) is 13.6. The SMILES string of the molecule is CCc1ccsc1C(=O)NCC(C)(C)CCCBr. The molecule has 0 unspecified atom stereocenters. The molecule has 0 radical (unpaired) electrons. The fourth-order valence-electron chi connectivity index (χ4n) is 1.85. The molecular weight excluding hydrogens is 310 g/mol. The Kier molecular flexibility index (Phi) is 6.36. The van der Waals surface area contributed by atoms with Gasteiger partial charge in [0, 0.05) is 11.9 Å². The number of hydrogen-bond donors (Lipinski definition) is 1. The van der Waals surface area contributed by atoms with E-state index in [1.54, 1.807) is 0 Å². The number of aryl methyl sites for hydroxylation is 1. The minimum atomic E-state index is 0.0776. The molecule has 0 fully saturated rings. The third-order valence-corrected chi connectivity index (χ3v) is 4.56. The maximum Gasteiger partial charge on any atom is 0.261 e. The van der Waals surface area contributed by atoms with E-state index in [-0.39, 0.29) is 11.3 Å². The lowest BCUT2D eigenvalue weighted by Crippen LogP contribution is -2.34. The largest absolute Gasteiger partial charge is 0.351 e. The molecule has 0 saturated carbocycles. The van der Waals surface area contributed by atoms with Crippen LogP contribution in [0, 0.1) is 5.41 Å². The normalized spacial score (nSPS) is 11.6. The van der Waals surface area contributed by atoms with Crippen molar-refractivity contribution in [1.29, 1.82) is 0 Å². The summed E-state index contributed by atoms with van der Waals surface area (Å²) in [6.45, 7) is 7.22. The van der Waals surface area contributed by atoms with E-state index in [9.17, 15) is 4.79 Å². The molecule has 1 aromatic heterocycles. The number of carbonyl (C=O) groups excluding carboxylic acids is 1. The van der Waals surface area contributed by atoms with E-state index in [2.05, 4.69) is 42.0 Å². The predicted molar refractivity (Wildman–Crippen MR) is 82.8 cm³/mol. The molecule has 0 bridgehead atoms. The van der Waals surface area contributed by atoms with Gasteiger partial charge in [0.2, 0.25) is 0 Å². The van der Waals surface area contributed by atoms with Gasteiger partial charge < -0.3 is 5.32 Å². The second-order valence-electron chi connectivity index (χ2n) is 5.27. The molecule has 1 aromatic rings. The molecule has 4 heteroatoms. The predicted octanol–water partition coefficient (Wildman–Crippen LogP) is 4.24. The molecule has 0 aliphatic rings. The minimum Gasteiger partial charge on any atom is -0.351 e. The van der Waals surface area contributed by atoms with Crippen molar-refractivity contribution in [1.82, 2.24) is 5.32 Å². The van der Waals surface area contributed by atoms with Crippen molar-refractivity contribution in [2.24, 2.45) is 5.41 Å². The molecule has 0 atom stereocenters. The van der Waals surface area contributed by atoms with Gasteiger partial charge in [0.15, 0.2) is 0 Å². The van der Waals surface area contributed by atoms with Crippen molar-refractivity contribution in [3.8, 4) is 0 Å². The Labute approximate surface area is 122 Å². The Balaban J connectivity index is 2.51. The van der Waals surface area contributed by atoms with Crippen molar-refractivity contribution in [3.63, 3.8) is 0 Å². The first kappa shape index (κ1) is 15.7. The molecule has 0 aromatic carbocycles. The zero-order valence-corrected chi connectivity index (χ0v) is 13.8. The smallest absolute Gasteiger partial charge is 0.261 e. The van der Waals surface area contributed by atoms with Gasteiger partial charge in [-0.3, -0.25) is 4.79 Å². The van der Waals surface area contributed by atoms with Crippen LogP contribution in [0.2, 0.25) is 0 Å². The van der Waals surface area contributed by atoms with Crippen LogP contribution in [0.5, 0.6) is 0 Å². The Morgan fingerprint density at radius 2 is 2.22 bits per heavy atom. The van der Waals surface area contributed by atoms with Gasteiger partial charge in [-0.25, -0.2) is 0 Å². The van der Waals surface area contributed by atoms with Crippen molar-refractivity contribution < 1.29 is 4.79 Å². The third-order valence-electron chi connectivity index (χ3n) is 3.05. The topological polar surface area (TPSA) is 29.1 Å². The first-order chi connectivity index (χ1) is 8.50. The van der Waals surface area contributed by atoms with Gasteiger partial charge in [0.05, 0.1) is 4.88 Å². The Morgan fingerprint density at radius 1 is 1.50 bits per heavy atom. The molecule has 102 valence electrons. The van der Waals surface area contributed by atoms with E-state index in [1.165, 1.54) is 11.3 Å². The molecule has 1 amide bonds. The van der Waals surface area contributed by atoms with Gasteiger partial charge in [0.1, 0.15) is 0 Å². The van der Waals surface area contributed by atoms with Crippen LogP contribution >= 0.6 is 27.3 Å². The zero-order valence-electron chi connectivity index (χ0n) is 11.4. The lowest BCUT2D eigenvalue weighted by molar-refractivity contribution is 0.0938. The Bertz CT molecular complexity index is 387. The van der Waals surface area contributed by atoms with Gasteiger partial charge >= 0.3 is 0 Å². The molecule has 1 N–H and O–H groups in total. The average molecular weight is 332 g/mol. The highest BCUT2D eigenvalue weighted by molar-refractivity contribution is 9.09. The van der Waals surface area contributed by atoms with Gasteiger partial charge in [-0.05, 0) is 41.7 Å². The summed E-state index contributed by atoms with van der Waals surface area (Å²) in [5.41, 5.74) is 1.31. The fourth-order valence-corrected chi connectivity index (χ4v) is 3.04. The monoisotopic (exact) mass is 331 g/mol. The Morgan fingerprint density at radius 3 is 2.83 bits per heavy atom. The maximum absolute atomic E-state index is 12.1. The van der Waals surface area contributed by atoms with Crippen molar-refractivity contribution >= 4 is 33.2 Å². The van der Waals surface area contributed by atoms with Crippen LogP contribution in [-0.4, -0.2) is 17.8 Å². The highest BCUT2D eigenvalue weighted by Gasteiger charge is 2.19. The standard InChI is InChI=1S/C14H22BrNOS/c1-4-11-6-9-18-12(11)13(17)16-10-14(2,3)7-5-8-15/h6,9H,4-5,7-8,10H2,1-3H3,(H,16,17). The van der Waals surface area contributed by atoms with Crippen LogP contribution in [0.15, 0.2) is 11.4 Å². The van der Waals surface area contributed by atoms with Crippen LogP contribution in [0.25, 0.3) is 0 Å². The second-order valence-corrected chi connectivity index (χ2v) is 6.98. The molecule has 0 aliphatic carbocycles. The van der Waals surface area contributed by atoms with Gasteiger partial charge in [0.25, 0.3) is 5.91 Å². The van der Waals surface area contributed by atoms with E-state index in [1.807, 2.05) is 11.4 Å². The van der Waals surface area contributed by atoms with E-state index >= 15 is 0 Å². The van der Waals surface area contributed by atoms with E-state index < -0.39 is 0 Å². The summed E-state index contributed by atoms with van der Waals surface area (Å²) in [6.07, 6.45) is 3.17. The van der Waals surface area contributed by atoms with Crippen LogP contribution in [0.1, 0.15) is 48.8 Å². The van der Waals surface area contributed by atoms with Crippen molar-refractivity contribution in [3.05, 3.63) is 21.9 Å². The molecule has 0 spiro atoms. The van der Waals surface area contributed by atoms with E-state index in [0.29, 0.717) is 0 Å². The number of carbonyl (C=O) groups is 1. The molecule has 1 heterocycles. The second kappa shape index (κ2) is 7.29. The molecule has 18 heavy (non-hydrogen) atoms. The van der Waals surface area contributed by atoms with Crippen molar-refractivity contribution in [2.45, 2.75) is 40.0 Å². The van der Waals surface area contributed by atoms with Gasteiger partial charge in [-0.15, -0.1) is 11.3 Å². The number of rotatable bonds is 7. The molecular formula is C14H22BrNOS. The summed E-state index contributed by atoms with van der Waals surface area (Å²) in [4.78, 5) is 13.0. The number of halogens is 1. The number of alkyl halides is 1. The quantitative estimate of drug-likeness (QED) is 0.744. The summed E-state index contributed by atoms with van der Waals surface area (Å²) < 4.78 is 0. The first-order valence-electron chi connectivity index (χ1n) is 6.40. The van der Waals surface area contributed by atoms with E-state index in [4.69, 9.17) is 0 Å². The summed E-state index contributed by atoms with van der Waals surface area (Å²) >= 11 is 4.98. The lowest BCUT2D eigenvalue weighted by Gasteiger charge is -2.24. The number of hydrogen-bond acceptors (Lipinski definition) is 2. The number of amides is 1. The summed E-state index contributed by atoms with van der Waals surface area (Å²) in [5.74, 6) is 0.0776. The van der Waals surface area contributed by atoms with Crippen LogP contribution in [0.4, 0.5) is 0 Å². The average Bonchev–Trinajstić information content (AvgIpc) is 2.82. The lowest BCUT2D eigenvalue weighted by atomic mass is 9.88. The Hall–Kier alpha value is -0.350. The van der Waals surface area contributed by atoms with E-state index in [0.717, 1.165) is 41.6 Å². The fraction of sp³-hybridized carbons (Fsp3) is 0.643. The van der Waals surface area contributed by atoms with Crippen LogP contribution in [0.3, 0.4) is 0 Å². The molecule has 1 rings (SSSR count). The first-order valence-corrected chi connectivity index (χ1v) is 8.41. The van der Waals surface area contributed by atoms with Crippen LogP contribution < -0.4 is 5.32 Å². The number of nitrogens with one attached hydrogen (secondary N) is 1. The van der Waals surface area contributed by atoms with Gasteiger partial charge in [-0.1, -0.05) is 36.7 Å². The van der Waals surface area contributed by atoms with Crippen molar-refractivity contribution in [2.75, 3.05) is 11.9 Å². The minimum absolute atomic E-state index is 0.0776. The molecule has 2 nitrogen and oxygen atoms in total. The summed E-state index contributed by atoms with van der Waals surface area (Å²) in [7, 11) is 0. The molecule has 0 aliphatic heterocycles. The highest BCUT2D eigenvalue weighted by Crippen LogP contribution is 2.22. The maximum atomic E-state index is 12.1. The van der Waals surface area contributed by atoms with Gasteiger partial charge in [-0.2, -0.15) is 0 Å². The van der Waals surface area contributed by atoms with Crippen LogP contribution in [-0.2, 0) is 6.42 Å². The number of thiophene rings is 1.